The fourth-order valence-corrected chi connectivity index (χ4v) is 6.67. The zero-order valence-corrected chi connectivity index (χ0v) is 17.5. The molecule has 2 heteroatoms. The molecule has 0 N–H and O–H groups in total. The van der Waals surface area contributed by atoms with Gasteiger partial charge >= 0.3 is 5.97 Å². The van der Waals surface area contributed by atoms with E-state index in [9.17, 15) is 4.79 Å². The first-order valence-electron chi connectivity index (χ1n) is 11.1. The molecular formula is C25H36O2. The van der Waals surface area contributed by atoms with E-state index in [1.54, 1.807) is 0 Å². The minimum absolute atomic E-state index is 0.00611. The Balaban J connectivity index is 1.46. The van der Waals surface area contributed by atoms with Crippen LogP contribution in [0.1, 0.15) is 78.2 Å². The van der Waals surface area contributed by atoms with Crippen LogP contribution in [-0.4, -0.2) is 12.1 Å². The second kappa shape index (κ2) is 6.94. The molecule has 5 rings (SSSR count). The summed E-state index contributed by atoms with van der Waals surface area (Å²) in [6.07, 6.45) is 8.65. The van der Waals surface area contributed by atoms with Gasteiger partial charge in [0.05, 0.1) is 5.41 Å². The predicted molar refractivity (Wildman–Crippen MR) is 109 cm³/mol. The second-order valence-corrected chi connectivity index (χ2v) is 10.6. The van der Waals surface area contributed by atoms with Crippen molar-refractivity contribution in [2.24, 2.45) is 29.1 Å². The number of hydrogen-bond donors (Lipinski definition) is 0. The van der Waals surface area contributed by atoms with Crippen LogP contribution in [-0.2, 0) is 14.9 Å². The van der Waals surface area contributed by atoms with Gasteiger partial charge in [-0.2, -0.15) is 0 Å². The highest BCUT2D eigenvalue weighted by molar-refractivity contribution is 5.76. The summed E-state index contributed by atoms with van der Waals surface area (Å²) < 4.78 is 6.28. The molecule has 0 radical (unpaired) electrons. The molecule has 148 valence electrons. The standard InChI is InChI=1S/C25H36O2/c1-5-25(4,21-9-7-6-8-10-21)16-24(2,3)23(26)27-22-19-12-17-11-18(14-19)15-20(22)13-17/h6-10,17-20,22H,5,11-16H2,1-4H3. The Morgan fingerprint density at radius 1 is 0.963 bits per heavy atom. The summed E-state index contributed by atoms with van der Waals surface area (Å²) in [6.45, 7) is 8.69. The van der Waals surface area contributed by atoms with E-state index in [1.165, 1.54) is 37.7 Å². The molecule has 4 fully saturated rings. The third-order valence-electron chi connectivity index (χ3n) is 8.02. The van der Waals surface area contributed by atoms with Gasteiger partial charge in [0, 0.05) is 0 Å². The molecule has 4 saturated carbocycles. The van der Waals surface area contributed by atoms with Crippen LogP contribution in [0.3, 0.4) is 0 Å². The number of benzene rings is 1. The van der Waals surface area contributed by atoms with Gasteiger partial charge in [-0.25, -0.2) is 0 Å². The molecule has 4 bridgehead atoms. The van der Waals surface area contributed by atoms with E-state index >= 15 is 0 Å². The van der Waals surface area contributed by atoms with Crippen molar-refractivity contribution in [1.29, 1.82) is 0 Å². The lowest BCUT2D eigenvalue weighted by Crippen LogP contribution is -2.51. The molecular weight excluding hydrogens is 332 g/mol. The highest BCUT2D eigenvalue weighted by Gasteiger charge is 2.51. The van der Waals surface area contributed by atoms with Crippen molar-refractivity contribution in [1.82, 2.24) is 0 Å². The highest BCUT2D eigenvalue weighted by Crippen LogP contribution is 2.55. The largest absolute Gasteiger partial charge is 0.461 e. The lowest BCUT2D eigenvalue weighted by Gasteiger charge is -2.54. The summed E-state index contributed by atoms with van der Waals surface area (Å²) >= 11 is 0. The Bertz CT molecular complexity index is 649. The maximum Gasteiger partial charge on any atom is 0.311 e. The van der Waals surface area contributed by atoms with Gasteiger partial charge in [0.1, 0.15) is 6.10 Å². The molecule has 4 aliphatic carbocycles. The summed E-state index contributed by atoms with van der Waals surface area (Å²) in [5, 5.41) is 0. The highest BCUT2D eigenvalue weighted by atomic mass is 16.5. The van der Waals surface area contributed by atoms with Crippen molar-refractivity contribution in [2.75, 3.05) is 0 Å². The van der Waals surface area contributed by atoms with Crippen molar-refractivity contribution < 1.29 is 9.53 Å². The van der Waals surface area contributed by atoms with Gasteiger partial charge in [0.15, 0.2) is 0 Å². The molecule has 1 aromatic rings. The van der Waals surface area contributed by atoms with Gasteiger partial charge in [-0.15, -0.1) is 0 Å². The molecule has 1 aromatic carbocycles. The Morgan fingerprint density at radius 2 is 1.52 bits per heavy atom. The number of ether oxygens (including phenoxy) is 1. The molecule has 27 heavy (non-hydrogen) atoms. The molecule has 0 aromatic heterocycles. The average Bonchev–Trinajstić information content (AvgIpc) is 2.64. The van der Waals surface area contributed by atoms with E-state index < -0.39 is 5.41 Å². The molecule has 0 aliphatic heterocycles. The van der Waals surface area contributed by atoms with Crippen LogP contribution < -0.4 is 0 Å². The third-order valence-corrected chi connectivity index (χ3v) is 8.02. The van der Waals surface area contributed by atoms with E-state index in [-0.39, 0.29) is 17.5 Å². The number of esters is 1. The second-order valence-electron chi connectivity index (χ2n) is 10.6. The van der Waals surface area contributed by atoms with Gasteiger partial charge in [0.2, 0.25) is 0 Å². The summed E-state index contributed by atoms with van der Waals surface area (Å²) in [5.41, 5.74) is 0.853. The van der Waals surface area contributed by atoms with Crippen molar-refractivity contribution in [3.63, 3.8) is 0 Å². The Kier molecular flexibility index (Phi) is 4.89. The van der Waals surface area contributed by atoms with Gasteiger partial charge in [-0.1, -0.05) is 44.2 Å². The molecule has 2 nitrogen and oxygen atoms in total. The van der Waals surface area contributed by atoms with Crippen LogP contribution >= 0.6 is 0 Å². The summed E-state index contributed by atoms with van der Waals surface area (Å²) in [5.74, 6) is 3.12. The van der Waals surface area contributed by atoms with Crippen molar-refractivity contribution in [3.05, 3.63) is 35.9 Å². The molecule has 1 unspecified atom stereocenters. The fourth-order valence-electron chi connectivity index (χ4n) is 6.67. The van der Waals surface area contributed by atoms with Crippen molar-refractivity contribution in [2.45, 2.75) is 84.2 Å². The molecule has 1 atom stereocenters. The first kappa shape index (κ1) is 19.0. The SMILES string of the molecule is CCC(C)(CC(C)(C)C(=O)OC1C2CC3CC(C2)CC1C3)c1ccccc1. The monoisotopic (exact) mass is 368 g/mol. The van der Waals surface area contributed by atoms with Crippen molar-refractivity contribution >= 4 is 5.97 Å². The van der Waals surface area contributed by atoms with Crippen LogP contribution in [0, 0.1) is 29.1 Å². The zero-order valence-electron chi connectivity index (χ0n) is 17.5. The van der Waals surface area contributed by atoms with E-state index in [4.69, 9.17) is 4.74 Å². The van der Waals surface area contributed by atoms with Gasteiger partial charge in [-0.3, -0.25) is 4.79 Å². The van der Waals surface area contributed by atoms with Gasteiger partial charge in [0.25, 0.3) is 0 Å². The molecule has 0 amide bonds. The average molecular weight is 369 g/mol. The van der Waals surface area contributed by atoms with Crippen LogP contribution in [0.4, 0.5) is 0 Å². The number of hydrogen-bond acceptors (Lipinski definition) is 2. The first-order chi connectivity index (χ1) is 12.8. The summed E-state index contributed by atoms with van der Waals surface area (Å²) in [6, 6.07) is 10.7. The number of carbonyl (C=O) groups excluding carboxylic acids is 1. The minimum Gasteiger partial charge on any atom is -0.461 e. The molecule has 4 aliphatic rings. The smallest absolute Gasteiger partial charge is 0.311 e. The Hall–Kier alpha value is -1.31. The zero-order chi connectivity index (χ0) is 19.2. The first-order valence-corrected chi connectivity index (χ1v) is 11.1. The molecule has 0 heterocycles. The third kappa shape index (κ3) is 3.57. The number of carbonyl (C=O) groups is 1. The van der Waals surface area contributed by atoms with E-state index in [2.05, 4.69) is 58.0 Å². The predicted octanol–water partition coefficient (Wildman–Crippen LogP) is 6.14. The van der Waals surface area contributed by atoms with Gasteiger partial charge in [-0.05, 0) is 93.4 Å². The Labute approximate surface area is 165 Å². The normalized spacial score (nSPS) is 34.3. The fraction of sp³-hybridized carbons (Fsp3) is 0.720. The summed E-state index contributed by atoms with van der Waals surface area (Å²) in [7, 11) is 0. The number of rotatable bonds is 6. The lowest BCUT2D eigenvalue weighted by molar-refractivity contribution is -0.181. The van der Waals surface area contributed by atoms with Gasteiger partial charge < -0.3 is 4.74 Å². The van der Waals surface area contributed by atoms with E-state index in [0.29, 0.717) is 11.8 Å². The molecule has 0 spiro atoms. The van der Waals surface area contributed by atoms with Crippen LogP contribution in [0.25, 0.3) is 0 Å². The molecule has 0 saturated heterocycles. The van der Waals surface area contributed by atoms with Crippen LogP contribution in [0.2, 0.25) is 0 Å². The Morgan fingerprint density at radius 3 is 2.04 bits per heavy atom. The topological polar surface area (TPSA) is 26.3 Å². The minimum atomic E-state index is -0.463. The van der Waals surface area contributed by atoms with Crippen LogP contribution in [0.5, 0.6) is 0 Å². The maximum absolute atomic E-state index is 13.3. The van der Waals surface area contributed by atoms with Crippen molar-refractivity contribution in [3.8, 4) is 0 Å². The quantitative estimate of drug-likeness (QED) is 0.564. The van der Waals surface area contributed by atoms with E-state index in [0.717, 1.165) is 24.7 Å². The maximum atomic E-state index is 13.3. The van der Waals surface area contributed by atoms with E-state index in [1.807, 2.05) is 0 Å². The summed E-state index contributed by atoms with van der Waals surface area (Å²) in [4.78, 5) is 13.3. The van der Waals surface area contributed by atoms with Crippen LogP contribution in [0.15, 0.2) is 30.3 Å². The lowest BCUT2D eigenvalue weighted by atomic mass is 9.55.